The number of phenolic OH excluding ortho intramolecular Hbond substituents is 2. The number of aliphatic hydroxyl groups excluding tert-OH is 1. The van der Waals surface area contributed by atoms with Crippen LogP contribution in [0.25, 0.3) is 0 Å². The summed E-state index contributed by atoms with van der Waals surface area (Å²) in [5.74, 6) is 0.383. The number of benzene rings is 3. The van der Waals surface area contributed by atoms with Crippen LogP contribution in [0.1, 0.15) is 34.4 Å². The molecule has 0 amide bonds. The van der Waals surface area contributed by atoms with Gasteiger partial charge in [-0.2, -0.15) is 0 Å². The maximum atomic E-state index is 10.7. The molecular weight excluding hydrogens is 362 g/mol. The Hall–Kier alpha value is -2.53. The van der Waals surface area contributed by atoms with Gasteiger partial charge in [0, 0.05) is 13.1 Å². The van der Waals surface area contributed by atoms with Crippen molar-refractivity contribution in [2.24, 2.45) is 0 Å². The minimum atomic E-state index is -0.658. The number of nitrogens with zero attached hydrogens (tertiary/aromatic N) is 1. The molecule has 0 saturated carbocycles. The highest BCUT2D eigenvalue weighted by atomic mass is 35.5. The molecule has 27 heavy (non-hydrogen) atoms. The summed E-state index contributed by atoms with van der Waals surface area (Å²) in [6.07, 6.45) is -0.658. The van der Waals surface area contributed by atoms with E-state index in [-0.39, 0.29) is 29.9 Å². The summed E-state index contributed by atoms with van der Waals surface area (Å²) in [5.41, 5.74) is 3.94. The Morgan fingerprint density at radius 3 is 2.19 bits per heavy atom. The summed E-state index contributed by atoms with van der Waals surface area (Å²) >= 11 is 0. The summed E-state index contributed by atoms with van der Waals surface area (Å²) in [4.78, 5) is 2.23. The van der Waals surface area contributed by atoms with Gasteiger partial charge in [0.2, 0.25) is 0 Å². The van der Waals surface area contributed by atoms with Gasteiger partial charge in [-0.05, 0) is 46.5 Å². The van der Waals surface area contributed by atoms with Gasteiger partial charge in [0.05, 0.1) is 12.1 Å². The fraction of sp³-hybridized carbons (Fsp3) is 0.182. The van der Waals surface area contributed by atoms with E-state index < -0.39 is 6.10 Å². The molecule has 2 atom stereocenters. The van der Waals surface area contributed by atoms with E-state index in [0.717, 1.165) is 16.7 Å². The third-order valence-corrected chi connectivity index (χ3v) is 4.93. The maximum Gasteiger partial charge on any atom is 0.115 e. The summed E-state index contributed by atoms with van der Waals surface area (Å²) in [5, 5.41) is 30.1. The van der Waals surface area contributed by atoms with Crippen LogP contribution in [0, 0.1) is 0 Å². The predicted molar refractivity (Wildman–Crippen MR) is 107 cm³/mol. The monoisotopic (exact) mass is 383 g/mol. The van der Waals surface area contributed by atoms with E-state index in [4.69, 9.17) is 0 Å². The quantitative estimate of drug-likeness (QED) is 0.635. The summed E-state index contributed by atoms with van der Waals surface area (Å²) < 4.78 is 0. The molecule has 1 heterocycles. The predicted octanol–water partition coefficient (Wildman–Crippen LogP) is 4.16. The molecule has 140 valence electrons. The largest absolute Gasteiger partial charge is 0.508 e. The Balaban J connectivity index is 0.00000210. The SMILES string of the molecule is Cl.Oc1ccc(C2c3ccc(O)cc3C(O)CN2Cc2ccccc2)cc1. The highest BCUT2D eigenvalue weighted by Gasteiger charge is 2.33. The van der Waals surface area contributed by atoms with Crippen LogP contribution in [-0.4, -0.2) is 26.8 Å². The zero-order valence-corrected chi connectivity index (χ0v) is 15.5. The molecule has 0 saturated heterocycles. The lowest BCUT2D eigenvalue weighted by atomic mass is 9.86. The van der Waals surface area contributed by atoms with E-state index >= 15 is 0 Å². The van der Waals surface area contributed by atoms with Crippen molar-refractivity contribution in [3.63, 3.8) is 0 Å². The van der Waals surface area contributed by atoms with Crippen LogP contribution < -0.4 is 0 Å². The van der Waals surface area contributed by atoms with Crippen molar-refractivity contribution in [3.8, 4) is 11.5 Å². The van der Waals surface area contributed by atoms with Crippen molar-refractivity contribution < 1.29 is 15.3 Å². The van der Waals surface area contributed by atoms with Crippen molar-refractivity contribution in [2.45, 2.75) is 18.7 Å². The molecule has 0 radical (unpaired) electrons. The second-order valence-corrected chi connectivity index (χ2v) is 6.74. The Labute approximate surface area is 164 Å². The Bertz CT molecular complexity index is 899. The van der Waals surface area contributed by atoms with Crippen LogP contribution in [0.5, 0.6) is 11.5 Å². The maximum absolute atomic E-state index is 10.7. The van der Waals surface area contributed by atoms with Crippen LogP contribution in [0.3, 0.4) is 0 Å². The number of hydrogen-bond donors (Lipinski definition) is 3. The number of halogens is 1. The molecule has 0 spiro atoms. The molecule has 1 aliphatic rings. The van der Waals surface area contributed by atoms with Gasteiger partial charge < -0.3 is 15.3 Å². The number of hydrogen-bond acceptors (Lipinski definition) is 4. The first-order chi connectivity index (χ1) is 12.6. The number of aliphatic hydroxyl groups is 1. The van der Waals surface area contributed by atoms with E-state index in [2.05, 4.69) is 17.0 Å². The van der Waals surface area contributed by atoms with Gasteiger partial charge in [0.1, 0.15) is 11.5 Å². The average molecular weight is 384 g/mol. The minimum absolute atomic E-state index is 0. The van der Waals surface area contributed by atoms with E-state index in [1.54, 1.807) is 24.3 Å². The lowest BCUT2D eigenvalue weighted by Crippen LogP contribution is -2.38. The second kappa shape index (κ2) is 8.01. The highest BCUT2D eigenvalue weighted by Crippen LogP contribution is 2.41. The smallest absolute Gasteiger partial charge is 0.115 e. The first kappa shape index (κ1) is 19.2. The molecular formula is C22H22ClNO3. The van der Waals surface area contributed by atoms with Gasteiger partial charge in [0.25, 0.3) is 0 Å². The Kier molecular flexibility index (Phi) is 5.71. The average Bonchev–Trinajstić information content (AvgIpc) is 2.64. The number of fused-ring (bicyclic) bond motifs is 1. The van der Waals surface area contributed by atoms with Crippen LogP contribution in [0.15, 0.2) is 72.8 Å². The number of phenols is 2. The first-order valence-electron chi connectivity index (χ1n) is 8.69. The lowest BCUT2D eigenvalue weighted by molar-refractivity contribution is 0.0726. The molecule has 4 rings (SSSR count). The lowest BCUT2D eigenvalue weighted by Gasteiger charge is -2.40. The van der Waals surface area contributed by atoms with Crippen molar-refractivity contribution >= 4 is 12.4 Å². The van der Waals surface area contributed by atoms with E-state index in [0.29, 0.717) is 13.1 Å². The second-order valence-electron chi connectivity index (χ2n) is 6.74. The summed E-state index contributed by atoms with van der Waals surface area (Å²) in [6.45, 7) is 1.17. The zero-order chi connectivity index (χ0) is 18.1. The molecule has 3 aromatic rings. The highest BCUT2D eigenvalue weighted by molar-refractivity contribution is 5.85. The van der Waals surface area contributed by atoms with Crippen molar-refractivity contribution in [1.29, 1.82) is 0 Å². The third kappa shape index (κ3) is 3.93. The molecule has 2 unspecified atom stereocenters. The van der Waals surface area contributed by atoms with Gasteiger partial charge in [-0.1, -0.05) is 48.5 Å². The summed E-state index contributed by atoms with van der Waals surface area (Å²) in [7, 11) is 0. The number of aromatic hydroxyl groups is 2. The number of rotatable bonds is 3. The Morgan fingerprint density at radius 1 is 0.815 bits per heavy atom. The standard InChI is InChI=1S/C22H21NO3.ClH/c24-17-8-6-16(7-9-17)22-19-11-10-18(25)12-20(19)21(26)14-23(22)13-15-4-2-1-3-5-15;/h1-12,21-22,24-26H,13-14H2;1H. The molecule has 0 aromatic heterocycles. The van der Waals surface area contributed by atoms with Crippen LogP contribution in [0.2, 0.25) is 0 Å². The van der Waals surface area contributed by atoms with Gasteiger partial charge in [-0.3, -0.25) is 4.90 Å². The number of β-amino-alcohol motifs (C(OH)–C–C–N with tert-alkyl or cyclic N) is 1. The van der Waals surface area contributed by atoms with Gasteiger partial charge >= 0.3 is 0 Å². The van der Waals surface area contributed by atoms with Crippen molar-refractivity contribution in [1.82, 2.24) is 4.90 Å². The van der Waals surface area contributed by atoms with Crippen LogP contribution in [0.4, 0.5) is 0 Å². The van der Waals surface area contributed by atoms with Crippen molar-refractivity contribution in [2.75, 3.05) is 6.54 Å². The molecule has 1 aliphatic heterocycles. The fourth-order valence-electron chi connectivity index (χ4n) is 3.74. The van der Waals surface area contributed by atoms with E-state index in [1.807, 2.05) is 36.4 Å². The molecule has 0 fully saturated rings. The van der Waals surface area contributed by atoms with Crippen LogP contribution >= 0.6 is 12.4 Å². The first-order valence-corrected chi connectivity index (χ1v) is 8.69. The topological polar surface area (TPSA) is 63.9 Å². The normalized spacial score (nSPS) is 19.1. The molecule has 4 nitrogen and oxygen atoms in total. The molecule has 3 aromatic carbocycles. The van der Waals surface area contributed by atoms with Gasteiger partial charge in [-0.15, -0.1) is 12.4 Å². The molecule has 5 heteroatoms. The molecule has 3 N–H and O–H groups in total. The fourth-order valence-corrected chi connectivity index (χ4v) is 3.74. The summed E-state index contributed by atoms with van der Waals surface area (Å²) in [6, 6.07) is 22.5. The van der Waals surface area contributed by atoms with Gasteiger partial charge in [-0.25, -0.2) is 0 Å². The third-order valence-electron chi connectivity index (χ3n) is 4.93. The Morgan fingerprint density at radius 2 is 1.48 bits per heavy atom. The van der Waals surface area contributed by atoms with Gasteiger partial charge in [0.15, 0.2) is 0 Å². The molecule has 0 bridgehead atoms. The molecule has 0 aliphatic carbocycles. The minimum Gasteiger partial charge on any atom is -0.508 e. The van der Waals surface area contributed by atoms with Crippen LogP contribution in [-0.2, 0) is 6.54 Å². The zero-order valence-electron chi connectivity index (χ0n) is 14.7. The van der Waals surface area contributed by atoms with Crippen molar-refractivity contribution in [3.05, 3.63) is 95.1 Å². The van der Waals surface area contributed by atoms with E-state index in [1.165, 1.54) is 5.56 Å². The van der Waals surface area contributed by atoms with E-state index in [9.17, 15) is 15.3 Å².